The second-order valence-corrected chi connectivity index (χ2v) is 23.3. The predicted octanol–water partition coefficient (Wildman–Crippen LogP) is 6.80. The van der Waals surface area contributed by atoms with Crippen molar-refractivity contribution >= 4 is 32.1 Å². The van der Waals surface area contributed by atoms with E-state index in [2.05, 4.69) is 27.7 Å². The minimum Gasteiger partial charge on any atom is -0.463 e. The van der Waals surface area contributed by atoms with Crippen LogP contribution < -0.4 is 0 Å². The number of hydrogen-bond acceptors (Lipinski definition) is 14. The van der Waals surface area contributed by atoms with Crippen LogP contribution in [0.2, 0.25) is 18.1 Å². The van der Waals surface area contributed by atoms with Crippen LogP contribution in [0.3, 0.4) is 0 Å². The van der Waals surface area contributed by atoms with Crippen molar-refractivity contribution in [3.8, 4) is 0 Å². The van der Waals surface area contributed by atoms with E-state index in [-0.39, 0.29) is 55.1 Å². The zero-order chi connectivity index (χ0) is 48.6. The second kappa shape index (κ2) is 22.7. The van der Waals surface area contributed by atoms with Crippen LogP contribution in [0.15, 0.2) is 102 Å². The molecule has 2 fully saturated rings. The van der Waals surface area contributed by atoms with Crippen molar-refractivity contribution in [1.29, 1.82) is 0 Å². The van der Waals surface area contributed by atoms with Crippen molar-refractivity contribution in [2.45, 2.75) is 155 Å². The number of carbonyl (C=O) groups excluding carboxylic acids is 4. The number of carbonyl (C=O) groups is 4. The first-order valence-corrected chi connectivity index (χ1v) is 25.8. The fourth-order valence-electron chi connectivity index (χ4n) is 8.35. The molecule has 2 amide bonds. The van der Waals surface area contributed by atoms with Crippen LogP contribution in [0.5, 0.6) is 0 Å². The van der Waals surface area contributed by atoms with Crippen LogP contribution >= 0.6 is 0 Å². The molecule has 1 N–H and O–H groups in total. The molecular formula is C51H67NO14Si. The van der Waals surface area contributed by atoms with Crippen molar-refractivity contribution < 1.29 is 66.6 Å². The van der Waals surface area contributed by atoms with Gasteiger partial charge in [0.1, 0.15) is 49.3 Å². The largest absolute Gasteiger partial charge is 0.463 e. The van der Waals surface area contributed by atoms with Gasteiger partial charge in [0.2, 0.25) is 0 Å². The molecule has 3 aliphatic rings. The summed E-state index contributed by atoms with van der Waals surface area (Å²) in [5, 5.41) is 12.6. The lowest BCUT2D eigenvalue weighted by molar-refractivity contribution is -0.356. The maximum Gasteiger partial charge on any atom is 0.303 e. The van der Waals surface area contributed by atoms with Crippen molar-refractivity contribution in [2.75, 3.05) is 13.2 Å². The molecule has 364 valence electrons. The Balaban J connectivity index is 1.43. The molecule has 3 aromatic carbocycles. The first kappa shape index (κ1) is 51.8. The van der Waals surface area contributed by atoms with Gasteiger partial charge in [-0.2, -0.15) is 0 Å². The molecule has 6 rings (SSSR count). The van der Waals surface area contributed by atoms with E-state index in [0.717, 1.165) is 21.6 Å². The maximum atomic E-state index is 14.1. The third-order valence-electron chi connectivity index (χ3n) is 13.6. The summed E-state index contributed by atoms with van der Waals surface area (Å²) in [7, 11) is -2.84. The summed E-state index contributed by atoms with van der Waals surface area (Å²) in [5.74, 6) is -2.33. The van der Waals surface area contributed by atoms with Gasteiger partial charge < -0.3 is 47.4 Å². The van der Waals surface area contributed by atoms with Gasteiger partial charge >= 0.3 is 11.9 Å². The van der Waals surface area contributed by atoms with E-state index < -0.39 is 93.4 Å². The average molecular weight is 946 g/mol. The summed E-state index contributed by atoms with van der Waals surface area (Å²) in [6, 6.07) is 26.8. The van der Waals surface area contributed by atoms with E-state index >= 15 is 0 Å². The van der Waals surface area contributed by atoms with Crippen molar-refractivity contribution in [3.63, 3.8) is 0 Å². The average Bonchev–Trinajstić information content (AvgIpc) is 3.47. The summed E-state index contributed by atoms with van der Waals surface area (Å²) in [4.78, 5) is 54.7. The number of hydrogen-bond donors (Lipinski definition) is 1. The summed E-state index contributed by atoms with van der Waals surface area (Å²) in [6.45, 7) is 18.0. The van der Waals surface area contributed by atoms with Gasteiger partial charge in [-0.25, -0.2) is 0 Å². The van der Waals surface area contributed by atoms with Crippen LogP contribution in [0.4, 0.5) is 0 Å². The highest BCUT2D eigenvalue weighted by molar-refractivity contribution is 6.74. The monoisotopic (exact) mass is 945 g/mol. The number of ether oxygens (including phenoxy) is 8. The Morgan fingerprint density at radius 2 is 1.16 bits per heavy atom. The third kappa shape index (κ3) is 12.3. The molecule has 0 unspecified atom stereocenters. The molecule has 10 atom stereocenters. The SMILES string of the molecule is CC(=O)OC[C@H]1O[C@@H](O[C@H]2[C@@H](O)[C@@H](N3C(=O)C(C)=C(C)C3=O)[C@H](O[Si](C)(C)C(C)(C)C(C)C)O[C@@H]2COCc2ccccc2)[C@H](OC(C)=O)[C@@H](OCc2ccccc2)[C@@H]1OCc1ccccc1. The Hall–Kier alpha value is -4.62. The van der Waals surface area contributed by atoms with Crippen LogP contribution in [0.1, 0.15) is 72.1 Å². The van der Waals surface area contributed by atoms with Gasteiger partial charge in [-0.15, -0.1) is 0 Å². The van der Waals surface area contributed by atoms with Crippen molar-refractivity contribution in [2.24, 2.45) is 5.92 Å². The zero-order valence-electron chi connectivity index (χ0n) is 40.2. The standard InChI is InChI=1S/C51H67NO14Si/c1-31(2)51(7,8)67(9,10)66-49-41(52-47(56)32(3)33(4)48(52)57)42(55)43(39(63-49)29-58-26-36-20-14-11-15-21-36)65-50-46(62-35(6)54)45(61-28-38-24-18-13-19-25-38)44(40(64-50)30-59-34(5)53)60-27-37-22-16-12-17-23-37/h11-25,31,39-46,49-50,55H,26-30H2,1-10H3/t39-,40-,41-,42+,43-,44-,45+,46-,49+,50+/m1/s1. The lowest BCUT2D eigenvalue weighted by Crippen LogP contribution is -2.70. The number of aliphatic hydroxyl groups is 1. The van der Waals surface area contributed by atoms with Crippen LogP contribution in [-0.2, 0) is 81.3 Å². The summed E-state index contributed by atoms with van der Waals surface area (Å²) >= 11 is 0. The smallest absolute Gasteiger partial charge is 0.303 e. The van der Waals surface area contributed by atoms with Gasteiger partial charge in [0, 0.05) is 25.0 Å². The molecule has 0 saturated carbocycles. The fraction of sp³-hybridized carbons (Fsp3) is 0.529. The Labute approximate surface area is 395 Å². The van der Waals surface area contributed by atoms with E-state index in [9.17, 15) is 24.3 Å². The molecule has 0 aromatic heterocycles. The number of benzene rings is 3. The minimum atomic E-state index is -2.84. The Morgan fingerprint density at radius 3 is 1.66 bits per heavy atom. The number of rotatable bonds is 20. The lowest BCUT2D eigenvalue weighted by Gasteiger charge is -2.52. The molecule has 0 aliphatic carbocycles. The summed E-state index contributed by atoms with van der Waals surface area (Å²) in [6.07, 6.45) is -11.7. The zero-order valence-corrected chi connectivity index (χ0v) is 41.2. The van der Waals surface area contributed by atoms with Gasteiger partial charge in [-0.1, -0.05) is 119 Å². The van der Waals surface area contributed by atoms with Crippen molar-refractivity contribution in [3.05, 3.63) is 119 Å². The topological polar surface area (TPSA) is 175 Å². The van der Waals surface area contributed by atoms with Gasteiger partial charge in [-0.05, 0) is 54.6 Å². The predicted molar refractivity (Wildman–Crippen MR) is 248 cm³/mol. The third-order valence-corrected chi connectivity index (χ3v) is 18.1. The highest BCUT2D eigenvalue weighted by Crippen LogP contribution is 2.47. The maximum absolute atomic E-state index is 14.1. The van der Waals surface area contributed by atoms with Gasteiger partial charge in [0.15, 0.2) is 27.0 Å². The lowest BCUT2D eigenvalue weighted by atomic mass is 9.94. The van der Waals surface area contributed by atoms with Crippen LogP contribution in [-0.4, -0.2) is 117 Å². The van der Waals surface area contributed by atoms with Gasteiger partial charge in [0.05, 0.1) is 26.4 Å². The molecule has 15 nitrogen and oxygen atoms in total. The minimum absolute atomic E-state index is 0.0466. The molecule has 2 saturated heterocycles. The van der Waals surface area contributed by atoms with Gasteiger partial charge in [0.25, 0.3) is 11.8 Å². The van der Waals surface area contributed by atoms with E-state index in [1.165, 1.54) is 13.8 Å². The molecule has 67 heavy (non-hydrogen) atoms. The molecule has 16 heteroatoms. The van der Waals surface area contributed by atoms with E-state index in [0.29, 0.717) is 0 Å². The van der Waals surface area contributed by atoms with Crippen LogP contribution in [0, 0.1) is 5.92 Å². The van der Waals surface area contributed by atoms with E-state index in [1.54, 1.807) is 13.8 Å². The molecule has 0 radical (unpaired) electrons. The number of esters is 2. The van der Waals surface area contributed by atoms with E-state index in [4.69, 9.17) is 42.3 Å². The number of imide groups is 1. The fourth-order valence-corrected chi connectivity index (χ4v) is 10.8. The highest BCUT2D eigenvalue weighted by atomic mass is 28.4. The van der Waals surface area contributed by atoms with Gasteiger partial charge in [-0.3, -0.25) is 24.1 Å². The summed E-state index contributed by atoms with van der Waals surface area (Å²) in [5.41, 5.74) is 2.95. The Bertz CT molecular complexity index is 2150. The number of amides is 2. The molecule has 3 heterocycles. The Kier molecular flexibility index (Phi) is 17.5. The highest BCUT2D eigenvalue weighted by Gasteiger charge is 2.59. The quantitative estimate of drug-likeness (QED) is 0.0712. The summed E-state index contributed by atoms with van der Waals surface area (Å²) < 4.78 is 58.5. The molecule has 3 aromatic rings. The normalized spacial score (nSPS) is 27.1. The Morgan fingerprint density at radius 1 is 0.687 bits per heavy atom. The first-order valence-electron chi connectivity index (χ1n) is 22.9. The number of aliphatic hydroxyl groups excluding tert-OH is 1. The number of nitrogens with zero attached hydrogens (tertiary/aromatic N) is 1. The molecule has 3 aliphatic heterocycles. The van der Waals surface area contributed by atoms with Crippen LogP contribution in [0.25, 0.3) is 0 Å². The molecule has 0 bridgehead atoms. The van der Waals surface area contributed by atoms with E-state index in [1.807, 2.05) is 104 Å². The first-order chi connectivity index (χ1) is 31.8. The molecule has 0 spiro atoms. The molecular weight excluding hydrogens is 879 g/mol. The van der Waals surface area contributed by atoms with Crippen molar-refractivity contribution in [1.82, 2.24) is 4.90 Å². The second-order valence-electron chi connectivity index (χ2n) is 18.8.